The Bertz CT molecular complexity index is 815. The van der Waals surface area contributed by atoms with E-state index < -0.39 is 46.5 Å². The molecule has 0 spiro atoms. The lowest BCUT2D eigenvalue weighted by Gasteiger charge is -2.24. The molecule has 1 aromatic carbocycles. The minimum absolute atomic E-state index is 0.356. The molecule has 0 fully saturated rings. The minimum atomic E-state index is -4.96. The first kappa shape index (κ1) is 20.0. The second kappa shape index (κ2) is 6.12. The van der Waals surface area contributed by atoms with Crippen LogP contribution in [0.3, 0.4) is 0 Å². The zero-order chi connectivity index (χ0) is 20.0. The Kier molecular flexibility index (Phi) is 4.70. The maximum atomic E-state index is 12.9. The van der Waals surface area contributed by atoms with Gasteiger partial charge in [0.2, 0.25) is 0 Å². The summed E-state index contributed by atoms with van der Waals surface area (Å²) in [4.78, 5) is 11.9. The molecule has 1 aliphatic rings. The number of benzene rings is 1. The summed E-state index contributed by atoms with van der Waals surface area (Å²) in [5.74, 6) is -1.11. The van der Waals surface area contributed by atoms with Gasteiger partial charge in [0.15, 0.2) is 11.2 Å². The van der Waals surface area contributed by atoms with Gasteiger partial charge in [-0.25, -0.2) is 4.85 Å². The zero-order valence-corrected chi connectivity index (χ0v) is 13.6. The van der Waals surface area contributed by atoms with Gasteiger partial charge in [0.25, 0.3) is 10.9 Å². The fourth-order valence-corrected chi connectivity index (χ4v) is 2.50. The molecule has 0 aromatic heterocycles. The quantitative estimate of drug-likeness (QED) is 0.312. The Balaban J connectivity index is 2.27. The third-order valence-electron chi connectivity index (χ3n) is 3.61. The van der Waals surface area contributed by atoms with Crippen molar-refractivity contribution in [1.29, 1.82) is 0 Å². The summed E-state index contributed by atoms with van der Waals surface area (Å²) in [7, 11) is 0. The predicted molar refractivity (Wildman–Crippen MR) is 78.9 cm³/mol. The Morgan fingerprint density at radius 1 is 1.27 bits per heavy atom. The molecular formula is C14H9ClF6N4O. The first-order valence-corrected chi connectivity index (χ1v) is 7.19. The number of carbonyl (C=O) groups excluding carboxylic acids is 1. The summed E-state index contributed by atoms with van der Waals surface area (Å²) in [6.45, 7) is 7.76. The molecule has 1 aromatic rings. The van der Waals surface area contributed by atoms with E-state index in [0.29, 0.717) is 6.07 Å². The highest BCUT2D eigenvalue weighted by Crippen LogP contribution is 2.49. The lowest BCUT2D eigenvalue weighted by Crippen LogP contribution is -2.44. The molecule has 1 aliphatic heterocycles. The summed E-state index contributed by atoms with van der Waals surface area (Å²) in [6.07, 6.45) is -10.8. The summed E-state index contributed by atoms with van der Waals surface area (Å²) in [5, 5.41) is 8.26. The molecule has 140 valence electrons. The van der Waals surface area contributed by atoms with Gasteiger partial charge in [-0.2, -0.15) is 36.6 Å². The topological polar surface area (TPSA) is 58.2 Å². The number of hydrogen-bond acceptors (Lipinski definition) is 3. The number of carbonyl (C=O) groups is 1. The molecule has 2 unspecified atom stereocenters. The normalized spacial score (nSPS) is 25.8. The smallest absolute Gasteiger partial charge is 0.324 e. The molecule has 1 N–H and O–H groups in total. The number of nitrogens with one attached hydrogen (secondary N) is 1. The maximum Gasteiger partial charge on any atom is 0.429 e. The van der Waals surface area contributed by atoms with E-state index in [-0.39, 0.29) is 5.69 Å². The first-order chi connectivity index (χ1) is 11.7. The van der Waals surface area contributed by atoms with E-state index in [1.807, 2.05) is 0 Å². The van der Waals surface area contributed by atoms with Crippen LogP contribution in [0.5, 0.6) is 0 Å². The second-order valence-corrected chi connectivity index (χ2v) is 6.33. The molecule has 5 nitrogen and oxygen atoms in total. The van der Waals surface area contributed by atoms with Crippen LogP contribution in [0.2, 0.25) is 0 Å². The molecule has 0 saturated heterocycles. The van der Waals surface area contributed by atoms with E-state index in [1.54, 1.807) is 0 Å². The molecule has 0 bridgehead atoms. The lowest BCUT2D eigenvalue weighted by molar-refractivity contribution is -0.161. The molecule has 26 heavy (non-hydrogen) atoms. The van der Waals surface area contributed by atoms with Crippen molar-refractivity contribution in [3.05, 3.63) is 35.2 Å². The zero-order valence-electron chi connectivity index (χ0n) is 12.8. The molecule has 0 aliphatic carbocycles. The van der Waals surface area contributed by atoms with Gasteiger partial charge in [0.05, 0.1) is 12.1 Å². The highest BCUT2D eigenvalue weighted by Gasteiger charge is 2.62. The van der Waals surface area contributed by atoms with Crippen LogP contribution in [0.25, 0.3) is 4.85 Å². The molecular weight excluding hydrogens is 390 g/mol. The van der Waals surface area contributed by atoms with Crippen LogP contribution in [0.4, 0.5) is 37.7 Å². The number of azo groups is 1. The summed E-state index contributed by atoms with van der Waals surface area (Å²) >= 11 is 5.36. The predicted octanol–water partition coefficient (Wildman–Crippen LogP) is 5.31. The van der Waals surface area contributed by atoms with E-state index in [2.05, 4.69) is 20.4 Å². The van der Waals surface area contributed by atoms with E-state index in [1.165, 1.54) is 0 Å². The van der Waals surface area contributed by atoms with Crippen LogP contribution in [-0.2, 0) is 11.0 Å². The molecule has 2 rings (SSSR count). The van der Waals surface area contributed by atoms with Crippen molar-refractivity contribution in [2.45, 2.75) is 36.2 Å². The van der Waals surface area contributed by atoms with E-state index >= 15 is 0 Å². The van der Waals surface area contributed by atoms with Gasteiger partial charge in [-0.3, -0.25) is 4.79 Å². The van der Waals surface area contributed by atoms with Crippen molar-refractivity contribution < 1.29 is 31.1 Å². The number of amides is 1. The van der Waals surface area contributed by atoms with Crippen LogP contribution >= 0.6 is 11.6 Å². The highest BCUT2D eigenvalue weighted by atomic mass is 35.5. The van der Waals surface area contributed by atoms with Gasteiger partial charge in [-0.05, 0) is 19.1 Å². The van der Waals surface area contributed by atoms with Gasteiger partial charge in [0.1, 0.15) is 0 Å². The summed E-state index contributed by atoms with van der Waals surface area (Å²) in [5.41, 5.74) is -4.34. The Morgan fingerprint density at radius 2 is 1.88 bits per heavy atom. The third-order valence-corrected chi connectivity index (χ3v) is 4.04. The number of halogens is 7. The van der Waals surface area contributed by atoms with Crippen molar-refractivity contribution in [2.24, 2.45) is 10.2 Å². The average molecular weight is 399 g/mol. The minimum Gasteiger partial charge on any atom is -0.324 e. The number of nitrogens with zero attached hydrogens (tertiary/aromatic N) is 3. The number of anilines is 1. The molecule has 0 radical (unpaired) electrons. The first-order valence-electron chi connectivity index (χ1n) is 6.82. The van der Waals surface area contributed by atoms with Crippen molar-refractivity contribution in [3.8, 4) is 0 Å². The van der Waals surface area contributed by atoms with Crippen molar-refractivity contribution in [3.63, 3.8) is 0 Å². The van der Waals surface area contributed by atoms with Gasteiger partial charge in [-0.15, -0.1) is 0 Å². The average Bonchev–Trinajstić information content (AvgIpc) is 2.84. The van der Waals surface area contributed by atoms with Crippen molar-refractivity contribution >= 4 is 28.9 Å². The van der Waals surface area contributed by atoms with Crippen LogP contribution in [-0.4, -0.2) is 22.6 Å². The van der Waals surface area contributed by atoms with Gasteiger partial charge >= 0.3 is 12.4 Å². The van der Waals surface area contributed by atoms with Gasteiger partial charge in [-0.1, -0.05) is 17.7 Å². The summed E-state index contributed by atoms with van der Waals surface area (Å²) < 4.78 is 77.4. The third kappa shape index (κ3) is 3.60. The molecule has 1 amide bonds. The van der Waals surface area contributed by atoms with E-state index in [9.17, 15) is 31.1 Å². The van der Waals surface area contributed by atoms with Gasteiger partial charge < -0.3 is 5.32 Å². The van der Waals surface area contributed by atoms with Crippen LogP contribution in [0.1, 0.15) is 18.9 Å². The molecule has 12 heteroatoms. The monoisotopic (exact) mass is 398 g/mol. The molecule has 2 atom stereocenters. The SMILES string of the molecule is [C-]#[N+]c1ccc(NC(=O)C2(C)CC(Cl)(C(F)(F)F)N=N2)cc1C(F)(F)F. The van der Waals surface area contributed by atoms with E-state index in [4.69, 9.17) is 18.2 Å². The fraction of sp³-hybridized carbons (Fsp3) is 0.429. The Labute approximate surface area is 147 Å². The van der Waals surface area contributed by atoms with Crippen LogP contribution in [0, 0.1) is 6.57 Å². The van der Waals surface area contributed by atoms with Gasteiger partial charge in [0, 0.05) is 12.1 Å². The maximum absolute atomic E-state index is 12.9. The lowest BCUT2D eigenvalue weighted by atomic mass is 9.94. The largest absolute Gasteiger partial charge is 0.429 e. The Morgan fingerprint density at radius 3 is 2.35 bits per heavy atom. The number of hydrogen-bond donors (Lipinski definition) is 1. The van der Waals surface area contributed by atoms with Crippen molar-refractivity contribution in [1.82, 2.24) is 0 Å². The molecule has 0 saturated carbocycles. The number of alkyl halides is 7. The molecule has 1 heterocycles. The van der Waals surface area contributed by atoms with Crippen molar-refractivity contribution in [2.75, 3.05) is 5.32 Å². The second-order valence-electron chi connectivity index (χ2n) is 5.70. The standard InChI is InChI=1S/C14H9ClF6N4O/c1-11(6-12(15,25-24-11)14(19,20)21)10(26)23-7-3-4-9(22-2)8(5-7)13(16,17)18/h3-5H,6H2,1H3,(H,23,26). The van der Waals surface area contributed by atoms with Crippen LogP contribution < -0.4 is 5.32 Å². The highest BCUT2D eigenvalue weighted by molar-refractivity contribution is 6.25. The fourth-order valence-electron chi connectivity index (χ4n) is 2.20. The van der Waals surface area contributed by atoms with Crippen LogP contribution in [0.15, 0.2) is 28.4 Å². The summed E-state index contributed by atoms with van der Waals surface area (Å²) in [6, 6.07) is 2.37. The number of rotatable bonds is 2. The Hall–Kier alpha value is -2.35. The van der Waals surface area contributed by atoms with E-state index in [0.717, 1.165) is 19.1 Å².